The van der Waals surface area contributed by atoms with Crippen LogP contribution in [-0.2, 0) is 4.74 Å². The van der Waals surface area contributed by atoms with E-state index in [0.717, 1.165) is 25.3 Å². The number of aromatic amines is 1. The molecule has 0 amide bonds. The molecule has 3 N–H and O–H groups in total. The number of nitrogens with zero attached hydrogens (tertiary/aromatic N) is 2. The van der Waals surface area contributed by atoms with Gasteiger partial charge in [-0.05, 0) is 18.8 Å². The third kappa shape index (κ3) is 2.18. The molecule has 1 aromatic heterocycles. The molecule has 1 aliphatic rings. The van der Waals surface area contributed by atoms with E-state index in [9.17, 15) is 0 Å². The summed E-state index contributed by atoms with van der Waals surface area (Å²) in [5, 5.41) is 7.06. The summed E-state index contributed by atoms with van der Waals surface area (Å²) in [6.45, 7) is 4.94. The third-order valence-corrected chi connectivity index (χ3v) is 2.77. The maximum atomic E-state index is 5.96. The Hall–Kier alpha value is -0.940. The Kier molecular flexibility index (Phi) is 3.02. The van der Waals surface area contributed by atoms with Crippen molar-refractivity contribution in [2.75, 3.05) is 6.61 Å². The van der Waals surface area contributed by atoms with E-state index in [2.05, 4.69) is 29.0 Å². The summed E-state index contributed by atoms with van der Waals surface area (Å²) in [5.74, 6) is 1.85. The molecule has 0 unspecified atom stereocenters. The minimum atomic E-state index is -0.101. The molecule has 15 heavy (non-hydrogen) atoms. The number of H-pyrrole nitrogens is 1. The Morgan fingerprint density at radius 3 is 2.93 bits per heavy atom. The van der Waals surface area contributed by atoms with Gasteiger partial charge in [0.2, 0.25) is 0 Å². The highest BCUT2D eigenvalue weighted by atomic mass is 16.5. The van der Waals surface area contributed by atoms with Gasteiger partial charge in [0.05, 0.1) is 6.04 Å². The van der Waals surface area contributed by atoms with Crippen LogP contribution in [0.25, 0.3) is 0 Å². The zero-order valence-corrected chi connectivity index (χ0v) is 9.23. The number of nitrogens with two attached hydrogens (primary N) is 1. The summed E-state index contributed by atoms with van der Waals surface area (Å²) in [5.41, 5.74) is 5.96. The highest BCUT2D eigenvalue weighted by Gasteiger charge is 2.23. The van der Waals surface area contributed by atoms with E-state index in [1.165, 1.54) is 0 Å². The molecule has 0 bridgehead atoms. The predicted octanol–water partition coefficient (Wildman–Crippen LogP) is 1.31. The van der Waals surface area contributed by atoms with Crippen LogP contribution in [0.15, 0.2) is 0 Å². The fraction of sp³-hybridized carbons (Fsp3) is 0.800. The van der Waals surface area contributed by atoms with Crippen LogP contribution in [0, 0.1) is 5.92 Å². The zero-order valence-electron chi connectivity index (χ0n) is 9.23. The molecule has 1 fully saturated rings. The molecule has 1 saturated heterocycles. The Morgan fingerprint density at radius 1 is 1.53 bits per heavy atom. The Balaban J connectivity index is 2.09. The van der Waals surface area contributed by atoms with Gasteiger partial charge in [-0.3, -0.25) is 5.10 Å². The Morgan fingerprint density at radius 2 is 2.33 bits per heavy atom. The number of aromatic nitrogens is 3. The highest BCUT2D eigenvalue weighted by Crippen LogP contribution is 2.26. The standard InChI is InChI=1S/C10H18N4O/c1-6(2)8(11)10-12-9(13-14-10)7-4-3-5-15-7/h6-8H,3-5,11H2,1-2H3,(H,12,13,14)/t7-,8+/m1/s1. The quantitative estimate of drug-likeness (QED) is 0.788. The first-order valence-corrected chi connectivity index (χ1v) is 5.48. The lowest BCUT2D eigenvalue weighted by Gasteiger charge is -2.10. The molecule has 0 radical (unpaired) electrons. The van der Waals surface area contributed by atoms with Crippen LogP contribution in [-0.4, -0.2) is 21.8 Å². The van der Waals surface area contributed by atoms with Gasteiger partial charge in [-0.1, -0.05) is 13.8 Å². The van der Waals surface area contributed by atoms with Crippen molar-refractivity contribution in [2.24, 2.45) is 11.7 Å². The fourth-order valence-electron chi connectivity index (χ4n) is 1.67. The van der Waals surface area contributed by atoms with E-state index in [0.29, 0.717) is 11.7 Å². The molecule has 1 aromatic rings. The molecule has 0 aromatic carbocycles. The van der Waals surface area contributed by atoms with Crippen molar-refractivity contribution in [3.05, 3.63) is 11.6 Å². The molecule has 1 aliphatic heterocycles. The van der Waals surface area contributed by atoms with Crippen LogP contribution in [0.3, 0.4) is 0 Å². The van der Waals surface area contributed by atoms with Crippen molar-refractivity contribution in [1.82, 2.24) is 15.2 Å². The summed E-state index contributed by atoms with van der Waals surface area (Å²) >= 11 is 0. The maximum Gasteiger partial charge on any atom is 0.167 e. The minimum absolute atomic E-state index is 0.0885. The van der Waals surface area contributed by atoms with Crippen LogP contribution in [0.1, 0.15) is 50.5 Å². The average molecular weight is 210 g/mol. The van der Waals surface area contributed by atoms with Crippen molar-refractivity contribution in [1.29, 1.82) is 0 Å². The lowest BCUT2D eigenvalue weighted by molar-refractivity contribution is 0.105. The van der Waals surface area contributed by atoms with Crippen molar-refractivity contribution < 1.29 is 4.74 Å². The van der Waals surface area contributed by atoms with Gasteiger partial charge in [0, 0.05) is 6.61 Å². The van der Waals surface area contributed by atoms with E-state index in [1.807, 2.05) is 0 Å². The number of rotatable bonds is 3. The van der Waals surface area contributed by atoms with Crippen molar-refractivity contribution in [3.63, 3.8) is 0 Å². The Bertz CT molecular complexity index is 300. The second kappa shape index (κ2) is 4.28. The summed E-state index contributed by atoms with van der Waals surface area (Å²) < 4.78 is 5.52. The molecule has 2 heterocycles. The first-order chi connectivity index (χ1) is 7.18. The van der Waals surface area contributed by atoms with E-state index in [4.69, 9.17) is 10.5 Å². The SMILES string of the molecule is CC(C)[C@H](N)c1n[nH]c([C@H]2CCCO2)n1. The van der Waals surface area contributed by atoms with Crippen LogP contribution in [0.4, 0.5) is 0 Å². The third-order valence-electron chi connectivity index (χ3n) is 2.77. The molecule has 2 atom stereocenters. The van der Waals surface area contributed by atoms with Crippen LogP contribution in [0.2, 0.25) is 0 Å². The minimum Gasteiger partial charge on any atom is -0.370 e. The van der Waals surface area contributed by atoms with Gasteiger partial charge in [-0.15, -0.1) is 0 Å². The lowest BCUT2D eigenvalue weighted by Crippen LogP contribution is -2.18. The van der Waals surface area contributed by atoms with Gasteiger partial charge >= 0.3 is 0 Å². The molecule has 84 valence electrons. The summed E-state index contributed by atoms with van der Waals surface area (Å²) in [4.78, 5) is 4.40. The molecule has 5 heteroatoms. The second-order valence-electron chi connectivity index (χ2n) is 4.35. The van der Waals surface area contributed by atoms with Gasteiger partial charge in [0.1, 0.15) is 6.10 Å². The number of hydrogen-bond acceptors (Lipinski definition) is 4. The lowest BCUT2D eigenvalue weighted by atomic mass is 10.1. The fourth-order valence-corrected chi connectivity index (χ4v) is 1.67. The van der Waals surface area contributed by atoms with Crippen molar-refractivity contribution in [2.45, 2.75) is 38.8 Å². The van der Waals surface area contributed by atoms with E-state index in [-0.39, 0.29) is 12.1 Å². The van der Waals surface area contributed by atoms with E-state index in [1.54, 1.807) is 0 Å². The summed E-state index contributed by atoms with van der Waals surface area (Å²) in [7, 11) is 0. The topological polar surface area (TPSA) is 76.8 Å². The summed E-state index contributed by atoms with van der Waals surface area (Å²) in [6, 6.07) is -0.101. The Labute approximate surface area is 89.4 Å². The molecule has 0 aliphatic carbocycles. The van der Waals surface area contributed by atoms with E-state index < -0.39 is 0 Å². The maximum absolute atomic E-state index is 5.96. The number of nitrogens with one attached hydrogen (secondary N) is 1. The molecule has 2 rings (SSSR count). The smallest absolute Gasteiger partial charge is 0.167 e. The molecule has 0 saturated carbocycles. The van der Waals surface area contributed by atoms with Crippen LogP contribution >= 0.6 is 0 Å². The highest BCUT2D eigenvalue weighted by molar-refractivity contribution is 5.00. The van der Waals surface area contributed by atoms with Crippen LogP contribution < -0.4 is 5.73 Å². The van der Waals surface area contributed by atoms with Gasteiger partial charge < -0.3 is 10.5 Å². The first kappa shape index (κ1) is 10.6. The van der Waals surface area contributed by atoms with Crippen molar-refractivity contribution >= 4 is 0 Å². The van der Waals surface area contributed by atoms with Crippen molar-refractivity contribution in [3.8, 4) is 0 Å². The van der Waals surface area contributed by atoms with Gasteiger partial charge in [-0.2, -0.15) is 5.10 Å². The normalized spacial score (nSPS) is 23.6. The second-order valence-corrected chi connectivity index (χ2v) is 4.35. The molecular formula is C10H18N4O. The summed E-state index contributed by atoms with van der Waals surface area (Å²) in [6.07, 6.45) is 2.20. The largest absolute Gasteiger partial charge is 0.370 e. The van der Waals surface area contributed by atoms with Crippen LogP contribution in [0.5, 0.6) is 0 Å². The first-order valence-electron chi connectivity index (χ1n) is 5.48. The number of hydrogen-bond donors (Lipinski definition) is 2. The van der Waals surface area contributed by atoms with E-state index >= 15 is 0 Å². The molecular weight excluding hydrogens is 192 g/mol. The average Bonchev–Trinajstić information content (AvgIpc) is 2.86. The molecule has 5 nitrogen and oxygen atoms in total. The molecule has 0 spiro atoms. The van der Waals surface area contributed by atoms with Gasteiger partial charge in [0.15, 0.2) is 11.6 Å². The predicted molar refractivity (Wildman–Crippen MR) is 56.1 cm³/mol. The number of ether oxygens (including phenoxy) is 1. The zero-order chi connectivity index (χ0) is 10.8. The van der Waals surface area contributed by atoms with Gasteiger partial charge in [-0.25, -0.2) is 4.98 Å². The monoisotopic (exact) mass is 210 g/mol. The van der Waals surface area contributed by atoms with Gasteiger partial charge in [0.25, 0.3) is 0 Å².